The second-order valence-electron chi connectivity index (χ2n) is 5.16. The van der Waals surface area contributed by atoms with Crippen LogP contribution in [0.1, 0.15) is 21.5 Å². The Bertz CT molecular complexity index is 780. The fourth-order valence-corrected chi connectivity index (χ4v) is 2.11. The maximum Gasteiger partial charge on any atom is 0.276 e. The van der Waals surface area contributed by atoms with Gasteiger partial charge in [0, 0.05) is 0 Å². The molecule has 0 saturated carbocycles. The van der Waals surface area contributed by atoms with Crippen molar-refractivity contribution < 1.29 is 18.7 Å². The summed E-state index contributed by atoms with van der Waals surface area (Å²) < 4.78 is 18.3. The summed E-state index contributed by atoms with van der Waals surface area (Å²) in [6, 6.07) is 8.81. The molecule has 0 aromatic heterocycles. The lowest BCUT2D eigenvalue weighted by molar-refractivity contribution is -0.123. The number of hydrogen-bond acceptors (Lipinski definition) is 3. The third-order valence-corrected chi connectivity index (χ3v) is 3.65. The molecule has 24 heavy (non-hydrogen) atoms. The number of ether oxygens (including phenoxy) is 1. The molecule has 0 aliphatic carbocycles. The number of benzene rings is 2. The van der Waals surface area contributed by atoms with Crippen molar-refractivity contribution >= 4 is 23.4 Å². The van der Waals surface area contributed by atoms with Crippen LogP contribution in [0.3, 0.4) is 0 Å². The Morgan fingerprint density at radius 2 is 1.83 bits per heavy atom. The minimum Gasteiger partial charge on any atom is -0.484 e. The quantitative estimate of drug-likeness (QED) is 0.833. The van der Waals surface area contributed by atoms with Crippen LogP contribution in [0.15, 0.2) is 36.4 Å². The second-order valence-corrected chi connectivity index (χ2v) is 5.57. The summed E-state index contributed by atoms with van der Waals surface area (Å²) in [6.07, 6.45) is 0. The number of aryl methyl sites for hydroxylation is 2. The van der Waals surface area contributed by atoms with Gasteiger partial charge in [0.15, 0.2) is 6.61 Å². The van der Waals surface area contributed by atoms with Crippen LogP contribution in [0, 0.1) is 19.7 Å². The van der Waals surface area contributed by atoms with Crippen molar-refractivity contribution in [3.05, 3.63) is 63.9 Å². The SMILES string of the molecule is Cc1ccc(OCC(=O)NNC(=O)c2ccc(F)cc2Cl)cc1C. The van der Waals surface area contributed by atoms with Crippen LogP contribution < -0.4 is 15.6 Å². The van der Waals surface area contributed by atoms with E-state index in [1.54, 1.807) is 6.07 Å². The highest BCUT2D eigenvalue weighted by Crippen LogP contribution is 2.17. The molecule has 2 amide bonds. The molecule has 2 N–H and O–H groups in total. The van der Waals surface area contributed by atoms with E-state index in [9.17, 15) is 14.0 Å². The van der Waals surface area contributed by atoms with Crippen molar-refractivity contribution in [2.24, 2.45) is 0 Å². The number of amides is 2. The first-order chi connectivity index (χ1) is 11.4. The molecule has 0 atom stereocenters. The van der Waals surface area contributed by atoms with Gasteiger partial charge >= 0.3 is 0 Å². The molecule has 0 bridgehead atoms. The van der Waals surface area contributed by atoms with Gasteiger partial charge in [-0.15, -0.1) is 0 Å². The first-order valence-electron chi connectivity index (χ1n) is 7.11. The molecule has 2 aromatic rings. The lowest BCUT2D eigenvalue weighted by atomic mass is 10.1. The smallest absolute Gasteiger partial charge is 0.276 e. The number of hydrazine groups is 1. The number of rotatable bonds is 4. The third kappa shape index (κ3) is 4.70. The Balaban J connectivity index is 1.84. The molecular weight excluding hydrogens is 335 g/mol. The second kappa shape index (κ2) is 7.79. The zero-order valence-corrected chi connectivity index (χ0v) is 13.9. The molecular formula is C17H16ClFN2O3. The molecule has 126 valence electrons. The van der Waals surface area contributed by atoms with E-state index in [0.29, 0.717) is 5.75 Å². The third-order valence-electron chi connectivity index (χ3n) is 3.34. The van der Waals surface area contributed by atoms with Gasteiger partial charge in [-0.3, -0.25) is 20.4 Å². The van der Waals surface area contributed by atoms with Gasteiger partial charge in [0.05, 0.1) is 10.6 Å². The number of hydrogen-bond donors (Lipinski definition) is 2. The molecule has 0 fully saturated rings. The topological polar surface area (TPSA) is 67.4 Å². The summed E-state index contributed by atoms with van der Waals surface area (Å²) >= 11 is 5.77. The normalized spacial score (nSPS) is 10.2. The van der Waals surface area contributed by atoms with E-state index in [4.69, 9.17) is 16.3 Å². The monoisotopic (exact) mass is 350 g/mol. The maximum atomic E-state index is 12.9. The van der Waals surface area contributed by atoms with Crippen molar-refractivity contribution in [1.29, 1.82) is 0 Å². The van der Waals surface area contributed by atoms with Crippen LogP contribution in [-0.2, 0) is 4.79 Å². The largest absolute Gasteiger partial charge is 0.484 e. The molecule has 2 rings (SSSR count). The van der Waals surface area contributed by atoms with E-state index < -0.39 is 17.6 Å². The van der Waals surface area contributed by atoms with Crippen LogP contribution >= 0.6 is 11.6 Å². The van der Waals surface area contributed by atoms with Crippen molar-refractivity contribution in [3.63, 3.8) is 0 Å². The minimum atomic E-state index is -0.653. The molecule has 0 saturated heterocycles. The Hall–Kier alpha value is -2.60. The molecule has 0 radical (unpaired) electrons. The van der Waals surface area contributed by atoms with Gasteiger partial charge in [-0.05, 0) is 55.3 Å². The molecule has 0 unspecified atom stereocenters. The number of nitrogens with one attached hydrogen (secondary N) is 2. The average Bonchev–Trinajstić information content (AvgIpc) is 2.53. The van der Waals surface area contributed by atoms with Crippen LogP contribution in [-0.4, -0.2) is 18.4 Å². The molecule has 5 nitrogen and oxygen atoms in total. The fourth-order valence-electron chi connectivity index (χ4n) is 1.86. The summed E-state index contributed by atoms with van der Waals surface area (Å²) in [5.74, 6) is -1.19. The van der Waals surface area contributed by atoms with E-state index in [1.807, 2.05) is 26.0 Å². The lowest BCUT2D eigenvalue weighted by Gasteiger charge is -2.10. The highest BCUT2D eigenvalue weighted by Gasteiger charge is 2.12. The van der Waals surface area contributed by atoms with E-state index >= 15 is 0 Å². The van der Waals surface area contributed by atoms with Crippen LogP contribution in [0.5, 0.6) is 5.75 Å². The van der Waals surface area contributed by atoms with E-state index in [0.717, 1.165) is 23.3 Å². The van der Waals surface area contributed by atoms with Crippen molar-refractivity contribution in [1.82, 2.24) is 10.9 Å². The molecule has 2 aromatic carbocycles. The molecule has 0 heterocycles. The maximum absolute atomic E-state index is 12.9. The minimum absolute atomic E-state index is 0.0480. The van der Waals surface area contributed by atoms with Gasteiger partial charge in [-0.1, -0.05) is 17.7 Å². The molecule has 0 aliphatic heterocycles. The average molecular weight is 351 g/mol. The number of carbonyl (C=O) groups is 2. The fraction of sp³-hybridized carbons (Fsp3) is 0.176. The summed E-state index contributed by atoms with van der Waals surface area (Å²) in [6.45, 7) is 3.65. The standard InChI is InChI=1S/C17H16ClFN2O3/c1-10-3-5-13(7-11(10)2)24-9-16(22)20-21-17(23)14-6-4-12(19)8-15(14)18/h3-8H,9H2,1-2H3,(H,20,22)(H,21,23). The van der Waals surface area contributed by atoms with Gasteiger partial charge < -0.3 is 4.74 Å². The van der Waals surface area contributed by atoms with E-state index in [-0.39, 0.29) is 17.2 Å². The zero-order valence-electron chi connectivity index (χ0n) is 13.2. The molecule has 0 spiro atoms. The summed E-state index contributed by atoms with van der Waals surface area (Å²) in [7, 11) is 0. The Morgan fingerprint density at radius 1 is 1.08 bits per heavy atom. The molecule has 0 aliphatic rings. The van der Waals surface area contributed by atoms with Crippen LogP contribution in [0.4, 0.5) is 4.39 Å². The van der Waals surface area contributed by atoms with Crippen LogP contribution in [0.25, 0.3) is 0 Å². The number of carbonyl (C=O) groups excluding carboxylic acids is 2. The number of halogens is 2. The highest BCUT2D eigenvalue weighted by atomic mass is 35.5. The molecule has 7 heteroatoms. The van der Waals surface area contributed by atoms with Gasteiger partial charge in [-0.25, -0.2) is 4.39 Å². The van der Waals surface area contributed by atoms with Gasteiger partial charge in [0.25, 0.3) is 11.8 Å². The highest BCUT2D eigenvalue weighted by molar-refractivity contribution is 6.33. The zero-order chi connectivity index (χ0) is 17.7. The van der Waals surface area contributed by atoms with E-state index in [2.05, 4.69) is 10.9 Å². The van der Waals surface area contributed by atoms with Gasteiger partial charge in [0.1, 0.15) is 11.6 Å². The first kappa shape index (κ1) is 17.7. The Labute approximate surface area is 143 Å². The van der Waals surface area contributed by atoms with Crippen molar-refractivity contribution in [2.45, 2.75) is 13.8 Å². The van der Waals surface area contributed by atoms with Crippen LogP contribution in [0.2, 0.25) is 5.02 Å². The van der Waals surface area contributed by atoms with Crippen molar-refractivity contribution in [3.8, 4) is 5.75 Å². The predicted molar refractivity (Wildman–Crippen MR) is 88.4 cm³/mol. The summed E-state index contributed by atoms with van der Waals surface area (Å²) in [5.41, 5.74) is 6.61. The Kier molecular flexibility index (Phi) is 5.76. The first-order valence-corrected chi connectivity index (χ1v) is 7.49. The lowest BCUT2D eigenvalue weighted by Crippen LogP contribution is -2.43. The van der Waals surface area contributed by atoms with Gasteiger partial charge in [0.2, 0.25) is 0 Å². The van der Waals surface area contributed by atoms with E-state index in [1.165, 1.54) is 6.07 Å². The summed E-state index contributed by atoms with van der Waals surface area (Å²) in [4.78, 5) is 23.6. The summed E-state index contributed by atoms with van der Waals surface area (Å²) in [5, 5.41) is -0.0480. The van der Waals surface area contributed by atoms with Gasteiger partial charge in [-0.2, -0.15) is 0 Å². The Morgan fingerprint density at radius 3 is 2.50 bits per heavy atom. The predicted octanol–water partition coefficient (Wildman–Crippen LogP) is 2.94. The van der Waals surface area contributed by atoms with Crippen molar-refractivity contribution in [2.75, 3.05) is 6.61 Å².